The number of alkyl carbamates (subject to hydrolysis) is 1. The summed E-state index contributed by atoms with van der Waals surface area (Å²) in [4.78, 5) is 133. The summed E-state index contributed by atoms with van der Waals surface area (Å²) in [6.45, 7) is 5.29. The number of carbonyl (C=O) groups is 7. The Balaban J connectivity index is 1.03. The third-order valence-electron chi connectivity index (χ3n) is 14.2. The van der Waals surface area contributed by atoms with Crippen LogP contribution >= 0.6 is 68.0 Å². The first-order chi connectivity index (χ1) is 41.9. The Bertz CT molecular complexity index is 4090. The zero-order valence-electron chi connectivity index (χ0n) is 46.4. The smallest absolute Gasteiger partial charge is 0.407 e. The van der Waals surface area contributed by atoms with Crippen molar-refractivity contribution in [2.75, 3.05) is 20.2 Å². The molecule has 2 aliphatic rings. The van der Waals surface area contributed by atoms with Gasteiger partial charge < -0.3 is 52.2 Å². The van der Waals surface area contributed by atoms with Crippen molar-refractivity contribution in [1.29, 1.82) is 0 Å². The van der Waals surface area contributed by atoms with Crippen LogP contribution in [0, 0.1) is 12.8 Å². The van der Waals surface area contributed by atoms with E-state index in [1.54, 1.807) is 86.0 Å². The number of primary amides is 2. The Labute approximate surface area is 519 Å². The molecule has 0 radical (unpaired) electrons. The number of hydrogen-bond donors (Lipinski definition) is 7. The lowest BCUT2D eigenvalue weighted by Crippen LogP contribution is -2.50. The Morgan fingerprint density at radius 2 is 1.36 bits per heavy atom. The number of pyridine rings is 1. The highest BCUT2D eigenvalue weighted by Gasteiger charge is 2.46. The summed E-state index contributed by atoms with van der Waals surface area (Å²) >= 11 is 6.90. The van der Waals surface area contributed by atoms with E-state index in [2.05, 4.69) is 31.2 Å². The summed E-state index contributed by atoms with van der Waals surface area (Å²) in [7, 11) is 1.53. The number of carbonyl (C=O) groups excluding carboxylic acids is 7. The number of benzene rings is 2. The summed E-state index contributed by atoms with van der Waals surface area (Å²) in [6.07, 6.45) is -3.45. The standard InChI is InChI=1S/C57H52N14O10S6/c1-5-60-57(79)81-45(28-9-7-6-8-10-28)43-54-67-37(23-85-54)48(76)63-33(17-27-11-13-29(80-4)14-12-27)56(78)71-19-39(72)25(2)44(71)55-68-38(24-86-55)52-64-34(20-83-52)42-30(15-16-31(61-42)51-65-35(21-84-51)46(59)74)50-66-36(22-82-50)47(75)62-32(18-40(58)73)53-70-41(26(3)87-53)49(77)69-43/h6-16,20-25,32-33,39,43-45,72H,5,17-19H2,1-4H3,(H2,58,73)(H2,59,74)(H,60,79)(H,62,75)(H,63,76)(H,69,77)/t25-,32-,33?,39-,43-,44-,45+/m0/s1. The van der Waals surface area contributed by atoms with Crippen LogP contribution < -0.4 is 37.5 Å². The SMILES string of the molecule is CCNC(=O)O[C@H](c1ccccc1)[C@@H]1NC(=O)c2nc(sc2C)[C@H](CC(N)=O)NC(=O)c2csc(n2)-c2ccc(-c3nc(C(N)=O)cs3)nc2-c2csc(n2)-c2csc(n2)[C@@H]2[C@@H](C)[C@@H](O)CN2C(=O)C(Cc2ccc(OC)cc2)NC(=O)c2csc1n2. The molecule has 7 atom stereocenters. The van der Waals surface area contributed by atoms with E-state index >= 15 is 4.79 Å². The lowest BCUT2D eigenvalue weighted by atomic mass is 10.00. The van der Waals surface area contributed by atoms with Crippen LogP contribution in [0.1, 0.15) is 117 Å². The summed E-state index contributed by atoms with van der Waals surface area (Å²) in [5.41, 5.74) is 14.4. The first kappa shape index (κ1) is 59.9. The molecule has 30 heteroatoms. The van der Waals surface area contributed by atoms with Crippen molar-refractivity contribution >= 4 is 110 Å². The number of fused-ring (bicyclic) bond motifs is 16. The number of aromatic nitrogens is 7. The number of aliphatic hydroxyl groups excluding tert-OH is 1. The zero-order valence-corrected chi connectivity index (χ0v) is 51.3. The van der Waals surface area contributed by atoms with Crippen LogP contribution in [0.3, 0.4) is 0 Å². The molecule has 7 aromatic heterocycles. The van der Waals surface area contributed by atoms with Gasteiger partial charge in [0.1, 0.15) is 87.7 Å². The Hall–Kier alpha value is -8.78. The number of aliphatic hydroxyl groups is 1. The number of methoxy groups -OCH3 is 1. The van der Waals surface area contributed by atoms with E-state index in [0.717, 1.165) is 34.0 Å². The summed E-state index contributed by atoms with van der Waals surface area (Å²) in [5.74, 6) is -4.14. The number of ether oxygens (including phenoxy) is 2. The summed E-state index contributed by atoms with van der Waals surface area (Å²) < 4.78 is 11.5. The fraction of sp³-hybridized carbons (Fsp3) is 0.263. The third-order valence-corrected chi connectivity index (χ3v) is 19.8. The zero-order chi connectivity index (χ0) is 61.2. The van der Waals surface area contributed by atoms with Gasteiger partial charge in [0.2, 0.25) is 11.8 Å². The van der Waals surface area contributed by atoms with Gasteiger partial charge >= 0.3 is 6.09 Å². The number of amides is 7. The predicted octanol–water partition coefficient (Wildman–Crippen LogP) is 7.44. The van der Waals surface area contributed by atoms with Gasteiger partial charge in [-0.25, -0.2) is 39.7 Å². The third kappa shape index (κ3) is 12.9. The molecule has 24 nitrogen and oxygen atoms in total. The molecule has 9 heterocycles. The van der Waals surface area contributed by atoms with E-state index in [0.29, 0.717) is 70.1 Å². The second-order valence-corrected chi connectivity index (χ2v) is 25.6. The minimum Gasteiger partial charge on any atom is -0.497 e. The minimum absolute atomic E-state index is 0.00670. The monoisotopic (exact) mass is 1280 g/mol. The van der Waals surface area contributed by atoms with Gasteiger partial charge in [-0.05, 0) is 49.2 Å². The number of rotatable bonds is 11. The molecule has 7 amide bonds. The fourth-order valence-corrected chi connectivity index (χ4v) is 15.2. The highest BCUT2D eigenvalue weighted by molar-refractivity contribution is 7.15. The molecule has 9 aromatic rings. The highest BCUT2D eigenvalue weighted by atomic mass is 32.1. The molecular weight excluding hydrogens is 1230 g/mol. The first-order valence-corrected chi connectivity index (χ1v) is 32.0. The fourth-order valence-electron chi connectivity index (χ4n) is 9.86. The maximum atomic E-state index is 15.3. The molecule has 0 saturated carbocycles. The Kier molecular flexibility index (Phi) is 17.7. The maximum Gasteiger partial charge on any atom is 0.407 e. The lowest BCUT2D eigenvalue weighted by Gasteiger charge is -2.29. The molecule has 87 heavy (non-hydrogen) atoms. The van der Waals surface area contributed by atoms with E-state index < -0.39 is 90.3 Å². The largest absolute Gasteiger partial charge is 0.497 e. The Morgan fingerprint density at radius 1 is 0.701 bits per heavy atom. The number of nitrogens with zero attached hydrogens (tertiary/aromatic N) is 8. The van der Waals surface area contributed by atoms with E-state index in [4.69, 9.17) is 45.9 Å². The molecule has 9 N–H and O–H groups in total. The van der Waals surface area contributed by atoms with Crippen molar-refractivity contribution in [3.63, 3.8) is 0 Å². The number of nitrogens with two attached hydrogens (primary N) is 2. The van der Waals surface area contributed by atoms with Crippen LogP contribution in [0.2, 0.25) is 0 Å². The van der Waals surface area contributed by atoms with Crippen molar-refractivity contribution in [3.05, 3.63) is 147 Å². The second-order valence-electron chi connectivity index (χ2n) is 20.0. The topological polar surface area (TPSA) is 352 Å². The molecule has 2 aliphatic heterocycles. The average molecular weight is 1290 g/mol. The van der Waals surface area contributed by atoms with Crippen molar-refractivity contribution in [2.24, 2.45) is 17.4 Å². The van der Waals surface area contributed by atoms with Gasteiger partial charge in [0.25, 0.3) is 23.6 Å². The number of hydrogen-bond acceptors (Lipinski definition) is 23. The maximum absolute atomic E-state index is 15.3. The normalized spacial score (nSPS) is 19.3. The Morgan fingerprint density at radius 3 is 2.08 bits per heavy atom. The van der Waals surface area contributed by atoms with E-state index in [-0.39, 0.29) is 52.3 Å². The van der Waals surface area contributed by atoms with Gasteiger partial charge in [-0.2, -0.15) is 0 Å². The van der Waals surface area contributed by atoms with E-state index in [1.165, 1.54) is 62.2 Å². The quantitative estimate of drug-likeness (QED) is 0.0661. The molecule has 2 aromatic carbocycles. The predicted molar refractivity (Wildman–Crippen MR) is 327 cm³/mol. The van der Waals surface area contributed by atoms with Gasteiger partial charge in [0.15, 0.2) is 6.10 Å². The molecule has 1 fully saturated rings. The second kappa shape index (κ2) is 25.7. The van der Waals surface area contributed by atoms with Gasteiger partial charge in [-0.15, -0.1) is 68.0 Å². The molecular formula is C57H52N14O10S6. The minimum atomic E-state index is -1.28. The number of thiazole rings is 6. The molecule has 0 aliphatic carbocycles. The number of aryl methyl sites for hydroxylation is 1. The van der Waals surface area contributed by atoms with Gasteiger partial charge in [-0.1, -0.05) is 49.4 Å². The van der Waals surface area contributed by atoms with Crippen LogP contribution in [0.5, 0.6) is 5.75 Å². The highest BCUT2D eigenvalue weighted by Crippen LogP contribution is 2.43. The van der Waals surface area contributed by atoms with Crippen LogP contribution in [-0.4, -0.2) is 119 Å². The first-order valence-electron chi connectivity index (χ1n) is 26.8. The molecule has 0 spiro atoms. The summed E-state index contributed by atoms with van der Waals surface area (Å²) in [5, 5.41) is 33.1. The molecule has 446 valence electrons. The number of nitrogens with one attached hydrogen (secondary N) is 4. The van der Waals surface area contributed by atoms with Gasteiger partial charge in [0.05, 0.1) is 37.4 Å². The van der Waals surface area contributed by atoms with Crippen LogP contribution in [0.25, 0.3) is 43.4 Å². The average Bonchev–Trinajstić information content (AvgIpc) is 2.57. The van der Waals surface area contributed by atoms with E-state index in [9.17, 15) is 33.9 Å². The molecule has 10 bridgehead atoms. The van der Waals surface area contributed by atoms with Gasteiger partial charge in [0, 0.05) is 62.8 Å². The molecule has 1 unspecified atom stereocenters. The van der Waals surface area contributed by atoms with Crippen molar-refractivity contribution in [3.8, 4) is 49.1 Å². The van der Waals surface area contributed by atoms with Gasteiger partial charge in [-0.3, -0.25) is 28.8 Å². The summed E-state index contributed by atoms with van der Waals surface area (Å²) in [6, 6.07) is 14.7. The lowest BCUT2D eigenvalue weighted by molar-refractivity contribution is -0.134. The van der Waals surface area contributed by atoms with Crippen molar-refractivity contribution in [2.45, 2.75) is 70.0 Å². The van der Waals surface area contributed by atoms with Crippen molar-refractivity contribution in [1.82, 2.24) is 61.1 Å². The van der Waals surface area contributed by atoms with Crippen molar-refractivity contribution < 1.29 is 48.1 Å². The molecule has 1 saturated heterocycles. The van der Waals surface area contributed by atoms with Crippen LogP contribution in [-0.2, 0) is 20.7 Å². The van der Waals surface area contributed by atoms with Crippen LogP contribution in [0.15, 0.2) is 93.6 Å². The molecule has 11 rings (SSSR count). The van der Waals surface area contributed by atoms with Crippen LogP contribution in [0.4, 0.5) is 4.79 Å². The van der Waals surface area contributed by atoms with E-state index in [1.807, 2.05) is 12.3 Å².